The van der Waals surface area contributed by atoms with Crippen molar-refractivity contribution in [3.8, 4) is 0 Å². The molecular formula is C21H22ClN3. The third kappa shape index (κ3) is 2.41. The van der Waals surface area contributed by atoms with Crippen LogP contribution in [0.5, 0.6) is 0 Å². The lowest BCUT2D eigenvalue weighted by molar-refractivity contribution is 0.308. The topological polar surface area (TPSA) is 21.1 Å². The highest BCUT2D eigenvalue weighted by Gasteiger charge is 2.29. The van der Waals surface area contributed by atoms with Crippen LogP contribution in [0.3, 0.4) is 0 Å². The number of benzene rings is 1. The second-order valence-electron chi connectivity index (χ2n) is 7.62. The molecule has 0 N–H and O–H groups in total. The van der Waals surface area contributed by atoms with E-state index in [9.17, 15) is 0 Å². The Morgan fingerprint density at radius 3 is 2.96 bits per heavy atom. The molecule has 4 heterocycles. The largest absolute Gasteiger partial charge is 0.343 e. The van der Waals surface area contributed by atoms with Crippen LogP contribution in [0.2, 0.25) is 5.02 Å². The van der Waals surface area contributed by atoms with E-state index in [2.05, 4.69) is 52.7 Å². The van der Waals surface area contributed by atoms with Crippen LogP contribution in [0.4, 0.5) is 0 Å². The normalized spacial score (nSPS) is 20.0. The fourth-order valence-corrected chi connectivity index (χ4v) is 4.96. The molecule has 3 nitrogen and oxygen atoms in total. The molecule has 128 valence electrons. The molecule has 5 rings (SSSR count). The first-order valence-corrected chi connectivity index (χ1v) is 9.41. The van der Waals surface area contributed by atoms with Crippen molar-refractivity contribution in [1.82, 2.24) is 14.5 Å². The maximum atomic E-state index is 6.50. The summed E-state index contributed by atoms with van der Waals surface area (Å²) in [6, 6.07) is 8.76. The molecule has 2 aliphatic heterocycles. The molecule has 1 atom stereocenters. The monoisotopic (exact) mass is 351 g/mol. The van der Waals surface area contributed by atoms with E-state index in [-0.39, 0.29) is 0 Å². The number of rotatable bonds is 1. The molecule has 3 aromatic rings. The standard InChI is InChI=1S/C21H22ClN3/c1-13-7-14(3-5-23-13)16-8-15-9-17(22)10-18-19-12-24(2)6-4-20(19)25(11-16)21(15)18/h3,5,7,9-10,16H,4,6,8,11-12H2,1-2H3. The SMILES string of the molecule is Cc1cc(C2Cc3cc(Cl)cc4c5c(n(c34)C2)CCN(C)C5)ccn1. The van der Waals surface area contributed by atoms with Crippen LogP contribution in [-0.4, -0.2) is 28.0 Å². The summed E-state index contributed by atoms with van der Waals surface area (Å²) in [5, 5.41) is 2.23. The lowest BCUT2D eigenvalue weighted by atomic mass is 9.88. The average molecular weight is 352 g/mol. The summed E-state index contributed by atoms with van der Waals surface area (Å²) in [7, 11) is 2.21. The Hall–Kier alpha value is -1.84. The zero-order valence-electron chi connectivity index (χ0n) is 14.7. The number of aryl methyl sites for hydroxylation is 1. The number of aromatic nitrogens is 2. The molecule has 1 aromatic carbocycles. The summed E-state index contributed by atoms with van der Waals surface area (Å²) >= 11 is 6.50. The van der Waals surface area contributed by atoms with Gasteiger partial charge >= 0.3 is 0 Å². The van der Waals surface area contributed by atoms with Gasteiger partial charge in [0.1, 0.15) is 0 Å². The van der Waals surface area contributed by atoms with Crippen molar-refractivity contribution in [2.45, 2.75) is 38.8 Å². The lowest BCUT2D eigenvalue weighted by Gasteiger charge is -2.28. The van der Waals surface area contributed by atoms with Gasteiger partial charge in [0.05, 0.1) is 5.52 Å². The maximum Gasteiger partial charge on any atom is 0.0519 e. The van der Waals surface area contributed by atoms with E-state index in [1.165, 1.54) is 33.3 Å². The molecule has 2 aromatic heterocycles. The quantitative estimate of drug-likeness (QED) is 0.650. The number of likely N-dealkylation sites (N-methyl/N-ethyl adjacent to an activating group) is 1. The summed E-state index contributed by atoms with van der Waals surface area (Å²) in [5.41, 5.74) is 8.31. The first kappa shape index (κ1) is 15.4. The Labute approximate surface area is 153 Å². The van der Waals surface area contributed by atoms with E-state index in [1.54, 1.807) is 0 Å². The van der Waals surface area contributed by atoms with E-state index >= 15 is 0 Å². The van der Waals surface area contributed by atoms with Gasteiger partial charge in [0.2, 0.25) is 0 Å². The van der Waals surface area contributed by atoms with Crippen LogP contribution in [0.25, 0.3) is 10.9 Å². The number of hydrogen-bond donors (Lipinski definition) is 0. The van der Waals surface area contributed by atoms with E-state index in [0.717, 1.165) is 43.2 Å². The first-order valence-electron chi connectivity index (χ1n) is 9.03. The number of nitrogens with zero attached hydrogens (tertiary/aromatic N) is 3. The van der Waals surface area contributed by atoms with Gasteiger partial charge in [0.25, 0.3) is 0 Å². The van der Waals surface area contributed by atoms with Crippen LogP contribution < -0.4 is 0 Å². The molecule has 0 bridgehead atoms. The Kier molecular flexibility index (Phi) is 3.44. The van der Waals surface area contributed by atoms with Crippen molar-refractivity contribution in [2.24, 2.45) is 0 Å². The van der Waals surface area contributed by atoms with Crippen LogP contribution in [-0.2, 0) is 25.9 Å². The lowest BCUT2D eigenvalue weighted by Crippen LogP contribution is -2.28. The fourth-order valence-electron chi connectivity index (χ4n) is 4.72. The van der Waals surface area contributed by atoms with Crippen molar-refractivity contribution >= 4 is 22.5 Å². The molecule has 2 aliphatic rings. The maximum absolute atomic E-state index is 6.50. The summed E-state index contributed by atoms with van der Waals surface area (Å²) in [6.07, 6.45) is 4.12. The third-order valence-corrected chi connectivity index (χ3v) is 6.06. The van der Waals surface area contributed by atoms with Gasteiger partial charge in [0, 0.05) is 60.0 Å². The van der Waals surface area contributed by atoms with E-state index in [1.807, 2.05) is 6.20 Å². The van der Waals surface area contributed by atoms with Gasteiger partial charge in [-0.1, -0.05) is 11.6 Å². The van der Waals surface area contributed by atoms with Gasteiger partial charge in [-0.2, -0.15) is 0 Å². The second-order valence-corrected chi connectivity index (χ2v) is 8.05. The summed E-state index contributed by atoms with van der Waals surface area (Å²) in [6.45, 7) is 5.29. The van der Waals surface area contributed by atoms with Gasteiger partial charge in [-0.15, -0.1) is 0 Å². The van der Waals surface area contributed by atoms with Crippen molar-refractivity contribution in [3.63, 3.8) is 0 Å². The smallest absolute Gasteiger partial charge is 0.0519 e. The van der Waals surface area contributed by atoms with Gasteiger partial charge < -0.3 is 9.47 Å². The molecule has 1 unspecified atom stereocenters. The summed E-state index contributed by atoms with van der Waals surface area (Å²) in [4.78, 5) is 6.78. The second kappa shape index (κ2) is 5.58. The molecule has 0 saturated carbocycles. The predicted molar refractivity (Wildman–Crippen MR) is 102 cm³/mol. The van der Waals surface area contributed by atoms with Crippen molar-refractivity contribution in [1.29, 1.82) is 0 Å². The van der Waals surface area contributed by atoms with Crippen LogP contribution >= 0.6 is 11.6 Å². The highest BCUT2D eigenvalue weighted by atomic mass is 35.5. The zero-order chi connectivity index (χ0) is 17.1. The molecule has 0 fully saturated rings. The van der Waals surface area contributed by atoms with Gasteiger partial charge in [-0.05, 0) is 61.3 Å². The van der Waals surface area contributed by atoms with E-state index in [0.29, 0.717) is 5.92 Å². The number of halogens is 1. The minimum atomic E-state index is 0.493. The first-order chi connectivity index (χ1) is 12.1. The van der Waals surface area contributed by atoms with Crippen molar-refractivity contribution in [2.75, 3.05) is 13.6 Å². The molecule has 0 amide bonds. The molecule has 0 saturated heterocycles. The Morgan fingerprint density at radius 2 is 2.12 bits per heavy atom. The summed E-state index contributed by atoms with van der Waals surface area (Å²) in [5.74, 6) is 0.493. The molecule has 25 heavy (non-hydrogen) atoms. The minimum absolute atomic E-state index is 0.493. The zero-order valence-corrected chi connectivity index (χ0v) is 15.5. The highest BCUT2D eigenvalue weighted by Crippen LogP contribution is 2.41. The van der Waals surface area contributed by atoms with E-state index in [4.69, 9.17) is 11.6 Å². The predicted octanol–water partition coefficient (Wildman–Crippen LogP) is 4.33. The van der Waals surface area contributed by atoms with E-state index < -0.39 is 0 Å². The molecule has 0 radical (unpaired) electrons. The highest BCUT2D eigenvalue weighted by molar-refractivity contribution is 6.31. The van der Waals surface area contributed by atoms with Gasteiger partial charge in [-0.25, -0.2) is 0 Å². The average Bonchev–Trinajstić information content (AvgIpc) is 2.89. The third-order valence-electron chi connectivity index (χ3n) is 5.84. The minimum Gasteiger partial charge on any atom is -0.343 e. The van der Waals surface area contributed by atoms with Crippen LogP contribution in [0, 0.1) is 6.92 Å². The molecule has 0 aliphatic carbocycles. The number of hydrogen-bond acceptors (Lipinski definition) is 2. The fraction of sp³-hybridized carbons (Fsp3) is 0.381. The van der Waals surface area contributed by atoms with Crippen LogP contribution in [0.15, 0.2) is 30.5 Å². The Bertz CT molecular complexity index is 988. The van der Waals surface area contributed by atoms with Crippen molar-refractivity contribution in [3.05, 3.63) is 63.6 Å². The van der Waals surface area contributed by atoms with Crippen molar-refractivity contribution < 1.29 is 0 Å². The Balaban J connectivity index is 1.70. The van der Waals surface area contributed by atoms with Crippen LogP contribution in [0.1, 0.15) is 34.0 Å². The van der Waals surface area contributed by atoms with Gasteiger partial charge in [-0.3, -0.25) is 4.98 Å². The molecule has 0 spiro atoms. The van der Waals surface area contributed by atoms with Gasteiger partial charge in [0.15, 0.2) is 0 Å². The number of fused-ring (bicyclic) bond motifs is 3. The summed E-state index contributed by atoms with van der Waals surface area (Å²) < 4.78 is 2.59. The number of pyridine rings is 1. The molecule has 4 heteroatoms. The Morgan fingerprint density at radius 1 is 1.24 bits per heavy atom. The molecular weight excluding hydrogens is 330 g/mol.